The first kappa shape index (κ1) is 24.4. The normalized spacial score (nSPS) is 13.3. The number of hydrogen-bond donors (Lipinski definition) is 2. The van der Waals surface area contributed by atoms with Gasteiger partial charge in [0.05, 0.1) is 11.3 Å². The molecule has 0 atom stereocenters. The fraction of sp³-hybridized carbons (Fsp3) is 0.692. The molecule has 1 aromatic rings. The summed E-state index contributed by atoms with van der Waals surface area (Å²) in [4.78, 5) is 7.64. The highest BCUT2D eigenvalue weighted by Gasteiger charge is 2.33. The molecule has 0 amide bonds. The highest BCUT2D eigenvalue weighted by Crippen LogP contribution is 2.30. The SMILES string of the molecule is CCNC(=NCc1nc(C(F)(F)F)cs1)NCC(C)(C)S(C)(=O)=O.I. The summed E-state index contributed by atoms with van der Waals surface area (Å²) in [5.41, 5.74) is -0.936. The second-order valence-corrected chi connectivity index (χ2v) is 9.30. The molecule has 0 radical (unpaired) electrons. The Morgan fingerprint density at radius 1 is 1.32 bits per heavy atom. The van der Waals surface area contributed by atoms with Crippen LogP contribution in [0.2, 0.25) is 0 Å². The van der Waals surface area contributed by atoms with E-state index < -0.39 is 26.5 Å². The molecule has 0 aliphatic heterocycles. The minimum absolute atomic E-state index is 0. The molecule has 12 heteroatoms. The van der Waals surface area contributed by atoms with Crippen LogP contribution in [-0.4, -0.2) is 43.5 Å². The van der Waals surface area contributed by atoms with Crippen LogP contribution < -0.4 is 10.6 Å². The minimum Gasteiger partial charge on any atom is -0.357 e. The van der Waals surface area contributed by atoms with E-state index >= 15 is 0 Å². The van der Waals surface area contributed by atoms with E-state index in [2.05, 4.69) is 20.6 Å². The second kappa shape index (κ2) is 9.35. The number of thiazole rings is 1. The third-order valence-corrected chi connectivity index (χ3v) is 6.23. The summed E-state index contributed by atoms with van der Waals surface area (Å²) < 4.78 is 59.9. The molecule has 0 spiro atoms. The zero-order valence-corrected chi connectivity index (χ0v) is 18.2. The predicted molar refractivity (Wildman–Crippen MR) is 104 cm³/mol. The molecular formula is C13H22F3IN4O2S2. The fourth-order valence-electron chi connectivity index (χ4n) is 1.43. The quantitative estimate of drug-likeness (QED) is 0.347. The molecule has 6 nitrogen and oxygen atoms in total. The van der Waals surface area contributed by atoms with E-state index in [1.807, 2.05) is 6.92 Å². The molecular weight excluding hydrogens is 492 g/mol. The number of hydrogen-bond acceptors (Lipinski definition) is 5. The summed E-state index contributed by atoms with van der Waals surface area (Å²) in [5.74, 6) is 0.318. The average molecular weight is 514 g/mol. The molecule has 0 unspecified atom stereocenters. The van der Waals surface area contributed by atoms with E-state index in [1.165, 1.54) is 0 Å². The van der Waals surface area contributed by atoms with Crippen molar-refractivity contribution in [1.29, 1.82) is 0 Å². The van der Waals surface area contributed by atoms with Crippen LogP contribution in [0.25, 0.3) is 0 Å². The van der Waals surface area contributed by atoms with Crippen molar-refractivity contribution in [3.05, 3.63) is 16.1 Å². The molecule has 0 aliphatic rings. The number of aromatic nitrogens is 1. The number of alkyl halides is 3. The zero-order valence-electron chi connectivity index (χ0n) is 14.3. The first-order valence-electron chi connectivity index (χ1n) is 7.10. The molecule has 2 N–H and O–H groups in total. The standard InChI is InChI=1S/C13H21F3N4O2S2.HI/c1-5-17-11(19-8-12(2,3)24(4,21)22)18-6-10-20-9(7-23-10)13(14,15)16;/h7H,5-6,8H2,1-4H3,(H2,17,18,19);1H. The Morgan fingerprint density at radius 2 is 1.92 bits per heavy atom. The van der Waals surface area contributed by atoms with Gasteiger partial charge in [0.15, 0.2) is 21.5 Å². The van der Waals surface area contributed by atoms with Gasteiger partial charge in [0, 0.05) is 24.7 Å². The fourth-order valence-corrected chi connectivity index (χ4v) is 2.49. The summed E-state index contributed by atoms with van der Waals surface area (Å²) in [7, 11) is -3.27. The van der Waals surface area contributed by atoms with Gasteiger partial charge in [0.1, 0.15) is 5.01 Å². The number of guanidine groups is 1. The van der Waals surface area contributed by atoms with Crippen LogP contribution in [0, 0.1) is 0 Å². The molecule has 1 heterocycles. The lowest BCUT2D eigenvalue weighted by Crippen LogP contribution is -2.47. The lowest BCUT2D eigenvalue weighted by atomic mass is 10.2. The van der Waals surface area contributed by atoms with Crippen molar-refractivity contribution >= 4 is 51.1 Å². The highest BCUT2D eigenvalue weighted by atomic mass is 127. The van der Waals surface area contributed by atoms with E-state index in [4.69, 9.17) is 0 Å². The summed E-state index contributed by atoms with van der Waals surface area (Å²) in [6.45, 7) is 5.59. The predicted octanol–water partition coefficient (Wildman–Crippen LogP) is 2.66. The third kappa shape index (κ3) is 7.64. The van der Waals surface area contributed by atoms with E-state index in [0.717, 1.165) is 23.0 Å². The maximum absolute atomic E-state index is 12.5. The Kier molecular flexibility index (Phi) is 9.11. The number of aliphatic imine (C=N–C) groups is 1. The number of halogens is 4. The summed E-state index contributed by atoms with van der Waals surface area (Å²) in [5, 5.41) is 6.97. The van der Waals surface area contributed by atoms with Crippen molar-refractivity contribution in [1.82, 2.24) is 15.6 Å². The Labute approximate surface area is 166 Å². The Hall–Kier alpha value is -0.630. The smallest absolute Gasteiger partial charge is 0.357 e. The van der Waals surface area contributed by atoms with Gasteiger partial charge in [-0.1, -0.05) is 0 Å². The van der Waals surface area contributed by atoms with Gasteiger partial charge in [-0.25, -0.2) is 18.4 Å². The number of nitrogens with zero attached hydrogens (tertiary/aromatic N) is 2. The van der Waals surface area contributed by atoms with E-state index in [9.17, 15) is 21.6 Å². The summed E-state index contributed by atoms with van der Waals surface area (Å²) >= 11 is 0.875. The first-order valence-corrected chi connectivity index (χ1v) is 9.87. The second-order valence-electron chi connectivity index (χ2n) is 5.70. The minimum atomic E-state index is -4.47. The van der Waals surface area contributed by atoms with Crippen LogP contribution in [0.4, 0.5) is 13.2 Å². The van der Waals surface area contributed by atoms with Crippen molar-refractivity contribution in [3.8, 4) is 0 Å². The summed E-state index contributed by atoms with van der Waals surface area (Å²) in [6.07, 6.45) is -3.33. The molecule has 1 rings (SSSR count). The van der Waals surface area contributed by atoms with E-state index in [0.29, 0.717) is 12.5 Å². The maximum Gasteiger partial charge on any atom is 0.434 e. The van der Waals surface area contributed by atoms with Crippen LogP contribution in [0.5, 0.6) is 0 Å². The van der Waals surface area contributed by atoms with Crippen LogP contribution in [0.3, 0.4) is 0 Å². The first-order chi connectivity index (χ1) is 10.9. The van der Waals surface area contributed by atoms with Gasteiger partial charge < -0.3 is 10.6 Å². The largest absolute Gasteiger partial charge is 0.434 e. The molecule has 0 aromatic carbocycles. The van der Waals surface area contributed by atoms with Crippen LogP contribution in [0.15, 0.2) is 10.4 Å². The molecule has 0 fully saturated rings. The average Bonchev–Trinajstić information content (AvgIpc) is 2.89. The Morgan fingerprint density at radius 3 is 2.36 bits per heavy atom. The van der Waals surface area contributed by atoms with Gasteiger partial charge in [-0.05, 0) is 20.8 Å². The number of sulfone groups is 1. The lowest BCUT2D eigenvalue weighted by molar-refractivity contribution is -0.140. The molecule has 146 valence electrons. The molecule has 25 heavy (non-hydrogen) atoms. The van der Waals surface area contributed by atoms with E-state index in [-0.39, 0.29) is 42.1 Å². The lowest BCUT2D eigenvalue weighted by Gasteiger charge is -2.24. The summed E-state index contributed by atoms with van der Waals surface area (Å²) in [6, 6.07) is 0. The van der Waals surface area contributed by atoms with E-state index in [1.54, 1.807) is 13.8 Å². The Balaban J connectivity index is 0.00000576. The van der Waals surface area contributed by atoms with Gasteiger partial charge in [-0.2, -0.15) is 13.2 Å². The van der Waals surface area contributed by atoms with Gasteiger partial charge in [-0.3, -0.25) is 0 Å². The topological polar surface area (TPSA) is 83.4 Å². The third-order valence-electron chi connectivity index (χ3n) is 3.24. The Bertz CT molecular complexity index is 688. The molecule has 0 saturated carbocycles. The van der Waals surface area contributed by atoms with Crippen molar-refractivity contribution in [2.75, 3.05) is 19.3 Å². The zero-order chi connectivity index (χ0) is 18.6. The van der Waals surface area contributed by atoms with Gasteiger partial charge in [0.2, 0.25) is 0 Å². The maximum atomic E-state index is 12.5. The van der Waals surface area contributed by atoms with Gasteiger partial charge in [-0.15, -0.1) is 35.3 Å². The van der Waals surface area contributed by atoms with Crippen LogP contribution in [0.1, 0.15) is 31.5 Å². The van der Waals surface area contributed by atoms with Gasteiger partial charge in [0.25, 0.3) is 0 Å². The van der Waals surface area contributed by atoms with Crippen LogP contribution >= 0.6 is 35.3 Å². The van der Waals surface area contributed by atoms with Crippen molar-refractivity contribution < 1.29 is 21.6 Å². The van der Waals surface area contributed by atoms with Crippen molar-refractivity contribution in [2.24, 2.45) is 4.99 Å². The van der Waals surface area contributed by atoms with Crippen LogP contribution in [-0.2, 0) is 22.6 Å². The number of rotatable bonds is 6. The molecule has 0 aliphatic carbocycles. The van der Waals surface area contributed by atoms with Crippen molar-refractivity contribution in [2.45, 2.75) is 38.2 Å². The monoisotopic (exact) mass is 514 g/mol. The number of nitrogens with one attached hydrogen (secondary N) is 2. The highest BCUT2D eigenvalue weighted by molar-refractivity contribution is 14.0. The molecule has 0 saturated heterocycles. The van der Waals surface area contributed by atoms with Crippen molar-refractivity contribution in [3.63, 3.8) is 0 Å². The van der Waals surface area contributed by atoms with Gasteiger partial charge >= 0.3 is 6.18 Å². The molecule has 1 aromatic heterocycles. The molecule has 0 bridgehead atoms.